The molecule has 0 aromatic carbocycles. The Hall–Kier alpha value is -2.15. The van der Waals surface area contributed by atoms with E-state index in [2.05, 4.69) is 10.3 Å². The number of nitrogens with zero attached hydrogens (tertiary/aromatic N) is 2. The maximum atomic E-state index is 12.5. The summed E-state index contributed by atoms with van der Waals surface area (Å²) in [5, 5.41) is 4.74. The quantitative estimate of drug-likeness (QED) is 0.860. The van der Waals surface area contributed by atoms with Gasteiger partial charge >= 0.3 is 6.03 Å². The predicted octanol–water partition coefficient (Wildman–Crippen LogP) is 3.01. The Kier molecular flexibility index (Phi) is 3.74. The fraction of sp³-hybridized carbons (Fsp3) is 0.400. The van der Waals surface area contributed by atoms with Crippen molar-refractivity contribution in [1.82, 2.24) is 15.2 Å². The van der Waals surface area contributed by atoms with E-state index in [0.717, 1.165) is 4.88 Å². The van der Waals surface area contributed by atoms with Gasteiger partial charge in [-0.05, 0) is 24.3 Å². The molecule has 1 N–H and O–H groups in total. The Bertz CT molecular complexity index is 689. The number of nitrogens with one attached hydrogen (secondary N) is 1. The summed E-state index contributed by atoms with van der Waals surface area (Å²) in [5.74, 6) is 0.317. The average molecular weight is 319 g/mol. The van der Waals surface area contributed by atoms with Gasteiger partial charge < -0.3 is 9.73 Å². The zero-order valence-corrected chi connectivity index (χ0v) is 13.3. The summed E-state index contributed by atoms with van der Waals surface area (Å²) in [6, 6.07) is 3.46. The molecule has 22 heavy (non-hydrogen) atoms. The van der Waals surface area contributed by atoms with E-state index < -0.39 is 5.54 Å². The first-order valence-corrected chi connectivity index (χ1v) is 8.10. The number of amides is 3. The van der Waals surface area contributed by atoms with Crippen molar-refractivity contribution < 1.29 is 14.0 Å². The first-order valence-electron chi connectivity index (χ1n) is 7.22. The molecular weight excluding hydrogens is 302 g/mol. The fourth-order valence-corrected chi connectivity index (χ4v) is 3.26. The SMILES string of the molecule is CCC1(CC)NC(=O)N(Cc2coc(-c3cccs3)n2)C1=O. The number of carbonyl (C=O) groups excluding carboxylic acids is 2. The summed E-state index contributed by atoms with van der Waals surface area (Å²) in [5.41, 5.74) is -0.216. The fourth-order valence-electron chi connectivity index (χ4n) is 2.60. The topological polar surface area (TPSA) is 75.4 Å². The molecule has 1 aliphatic rings. The van der Waals surface area contributed by atoms with E-state index in [-0.39, 0.29) is 18.5 Å². The lowest BCUT2D eigenvalue weighted by Gasteiger charge is -2.22. The lowest BCUT2D eigenvalue weighted by Crippen LogP contribution is -2.45. The van der Waals surface area contributed by atoms with Gasteiger partial charge in [0.15, 0.2) is 0 Å². The monoisotopic (exact) mass is 319 g/mol. The van der Waals surface area contributed by atoms with Crippen molar-refractivity contribution in [2.75, 3.05) is 0 Å². The van der Waals surface area contributed by atoms with Gasteiger partial charge in [-0.15, -0.1) is 11.3 Å². The van der Waals surface area contributed by atoms with Crippen LogP contribution in [0.1, 0.15) is 32.4 Å². The highest BCUT2D eigenvalue weighted by Crippen LogP contribution is 2.27. The van der Waals surface area contributed by atoms with E-state index in [1.165, 1.54) is 22.5 Å². The second-order valence-corrected chi connectivity index (χ2v) is 6.18. The average Bonchev–Trinajstić information content (AvgIpc) is 3.23. The second kappa shape index (κ2) is 5.57. The largest absolute Gasteiger partial charge is 0.443 e. The number of imide groups is 1. The van der Waals surface area contributed by atoms with Crippen LogP contribution in [-0.2, 0) is 11.3 Å². The van der Waals surface area contributed by atoms with E-state index in [1.54, 1.807) is 0 Å². The van der Waals surface area contributed by atoms with Gasteiger partial charge in [-0.25, -0.2) is 9.78 Å². The first kappa shape index (κ1) is 14.8. The van der Waals surface area contributed by atoms with Crippen LogP contribution in [-0.4, -0.2) is 27.4 Å². The number of urea groups is 1. The Morgan fingerprint density at radius 2 is 2.14 bits per heavy atom. The van der Waals surface area contributed by atoms with E-state index >= 15 is 0 Å². The number of carbonyl (C=O) groups is 2. The highest BCUT2D eigenvalue weighted by atomic mass is 32.1. The maximum Gasteiger partial charge on any atom is 0.325 e. The molecule has 0 unspecified atom stereocenters. The Morgan fingerprint density at radius 1 is 1.36 bits per heavy atom. The number of thiophene rings is 1. The molecule has 7 heteroatoms. The van der Waals surface area contributed by atoms with Crippen molar-refractivity contribution in [3.63, 3.8) is 0 Å². The van der Waals surface area contributed by atoms with Crippen molar-refractivity contribution in [3.8, 4) is 10.8 Å². The molecule has 3 amide bonds. The molecule has 2 aromatic rings. The molecule has 6 nitrogen and oxygen atoms in total. The molecule has 3 heterocycles. The van der Waals surface area contributed by atoms with E-state index in [9.17, 15) is 9.59 Å². The van der Waals surface area contributed by atoms with Crippen molar-refractivity contribution >= 4 is 23.3 Å². The van der Waals surface area contributed by atoms with Gasteiger partial charge in [-0.3, -0.25) is 9.69 Å². The maximum absolute atomic E-state index is 12.5. The van der Waals surface area contributed by atoms with Gasteiger partial charge in [0, 0.05) is 0 Å². The lowest BCUT2D eigenvalue weighted by atomic mass is 9.93. The molecule has 0 radical (unpaired) electrons. The van der Waals surface area contributed by atoms with Crippen molar-refractivity contribution in [3.05, 3.63) is 29.5 Å². The standard InChI is InChI=1S/C15H17N3O3S/c1-3-15(4-2)13(19)18(14(20)17-15)8-10-9-21-12(16-10)11-6-5-7-22-11/h5-7,9H,3-4,8H2,1-2H3,(H,17,20). The van der Waals surface area contributed by atoms with Crippen LogP contribution in [0.3, 0.4) is 0 Å². The smallest absolute Gasteiger partial charge is 0.325 e. The molecular formula is C15H17N3O3S. The third-order valence-corrected chi connectivity index (χ3v) is 4.91. The second-order valence-electron chi connectivity index (χ2n) is 5.23. The molecule has 2 aromatic heterocycles. The van der Waals surface area contributed by atoms with Crippen molar-refractivity contribution in [2.45, 2.75) is 38.8 Å². The molecule has 0 bridgehead atoms. The summed E-state index contributed by atoms with van der Waals surface area (Å²) in [7, 11) is 0. The molecule has 3 rings (SSSR count). The summed E-state index contributed by atoms with van der Waals surface area (Å²) >= 11 is 1.52. The van der Waals surface area contributed by atoms with Gasteiger partial charge in [0.2, 0.25) is 5.89 Å². The molecule has 116 valence electrons. The van der Waals surface area contributed by atoms with Gasteiger partial charge in [-0.2, -0.15) is 0 Å². The van der Waals surface area contributed by atoms with Crippen LogP contribution in [0.25, 0.3) is 10.8 Å². The van der Waals surface area contributed by atoms with Crippen LogP contribution >= 0.6 is 11.3 Å². The van der Waals surface area contributed by atoms with Crippen LogP contribution < -0.4 is 5.32 Å². The van der Waals surface area contributed by atoms with Crippen LogP contribution in [0.15, 0.2) is 28.2 Å². The number of hydrogen-bond donors (Lipinski definition) is 1. The van der Waals surface area contributed by atoms with Gasteiger partial charge in [0.1, 0.15) is 11.8 Å². The van der Waals surface area contributed by atoms with E-state index in [1.807, 2.05) is 31.4 Å². The van der Waals surface area contributed by atoms with E-state index in [4.69, 9.17) is 4.42 Å². The zero-order chi connectivity index (χ0) is 15.7. The summed E-state index contributed by atoms with van der Waals surface area (Å²) in [6.07, 6.45) is 2.64. The molecule has 1 fully saturated rings. The van der Waals surface area contributed by atoms with Crippen molar-refractivity contribution in [2.24, 2.45) is 0 Å². The molecule has 0 atom stereocenters. The van der Waals surface area contributed by atoms with Crippen molar-refractivity contribution in [1.29, 1.82) is 0 Å². The third kappa shape index (κ3) is 2.31. The minimum absolute atomic E-state index is 0.126. The Morgan fingerprint density at radius 3 is 2.73 bits per heavy atom. The Labute approximate surface area is 132 Å². The summed E-state index contributed by atoms with van der Waals surface area (Å²) in [4.78, 5) is 31.1. The van der Waals surface area contributed by atoms with Crippen LogP contribution in [0.5, 0.6) is 0 Å². The zero-order valence-electron chi connectivity index (χ0n) is 12.5. The molecule has 1 aliphatic heterocycles. The molecule has 0 aliphatic carbocycles. The van der Waals surface area contributed by atoms with Crippen LogP contribution in [0, 0.1) is 0 Å². The minimum atomic E-state index is -0.780. The number of aromatic nitrogens is 1. The molecule has 1 saturated heterocycles. The highest BCUT2D eigenvalue weighted by Gasteiger charge is 2.48. The summed E-state index contributed by atoms with van der Waals surface area (Å²) in [6.45, 7) is 3.92. The van der Waals surface area contributed by atoms with Gasteiger partial charge in [-0.1, -0.05) is 19.9 Å². The normalized spacial score (nSPS) is 17.1. The van der Waals surface area contributed by atoms with Gasteiger partial charge in [0.05, 0.1) is 17.1 Å². The lowest BCUT2D eigenvalue weighted by molar-refractivity contribution is -0.132. The molecule has 0 spiro atoms. The van der Waals surface area contributed by atoms with Crippen LogP contribution in [0.2, 0.25) is 0 Å². The minimum Gasteiger partial charge on any atom is -0.443 e. The first-order chi connectivity index (χ1) is 10.6. The number of hydrogen-bond acceptors (Lipinski definition) is 5. The Balaban J connectivity index is 1.79. The highest BCUT2D eigenvalue weighted by molar-refractivity contribution is 7.13. The number of rotatable bonds is 5. The third-order valence-electron chi connectivity index (χ3n) is 4.06. The van der Waals surface area contributed by atoms with Gasteiger partial charge in [0.25, 0.3) is 5.91 Å². The predicted molar refractivity (Wildman–Crippen MR) is 82.2 cm³/mol. The van der Waals surface area contributed by atoms with E-state index in [0.29, 0.717) is 24.4 Å². The number of oxazole rings is 1. The molecule has 0 saturated carbocycles. The summed E-state index contributed by atoms with van der Waals surface area (Å²) < 4.78 is 5.42. The van der Waals surface area contributed by atoms with Crippen LogP contribution in [0.4, 0.5) is 4.79 Å².